The lowest BCUT2D eigenvalue weighted by Gasteiger charge is -2.32. The first kappa shape index (κ1) is 8.25. The molecule has 2 nitrogen and oxygen atoms in total. The van der Waals surface area contributed by atoms with Gasteiger partial charge < -0.3 is 9.64 Å². The molecule has 3 rings (SSSR count). The fourth-order valence-electron chi connectivity index (χ4n) is 2.42. The normalized spacial score (nSPS) is 34.8. The van der Waals surface area contributed by atoms with Gasteiger partial charge in [-0.1, -0.05) is 6.92 Å². The number of rotatable bonds is 2. The first-order valence-corrected chi connectivity index (χ1v) is 5.56. The van der Waals surface area contributed by atoms with Crippen molar-refractivity contribution in [3.8, 4) is 0 Å². The van der Waals surface area contributed by atoms with Gasteiger partial charge in [0, 0.05) is 19.6 Å². The lowest BCUT2D eigenvalue weighted by molar-refractivity contribution is 0.129. The van der Waals surface area contributed by atoms with Crippen LogP contribution in [0.4, 0.5) is 0 Å². The molecule has 0 amide bonds. The van der Waals surface area contributed by atoms with Gasteiger partial charge >= 0.3 is 0 Å². The van der Waals surface area contributed by atoms with Gasteiger partial charge in [-0.2, -0.15) is 0 Å². The van der Waals surface area contributed by atoms with Crippen molar-refractivity contribution in [2.45, 2.75) is 38.2 Å². The molecule has 3 fully saturated rings. The summed E-state index contributed by atoms with van der Waals surface area (Å²) < 4.78 is 5.50. The van der Waals surface area contributed by atoms with Gasteiger partial charge in [-0.15, -0.1) is 0 Å². The van der Waals surface area contributed by atoms with Gasteiger partial charge in [0.25, 0.3) is 0 Å². The molecule has 0 radical (unpaired) electrons. The van der Waals surface area contributed by atoms with Crippen molar-refractivity contribution in [1.82, 2.24) is 4.90 Å². The number of ether oxygens (including phenoxy) is 1. The Balaban J connectivity index is 1.51. The van der Waals surface area contributed by atoms with Gasteiger partial charge in [0.15, 0.2) is 0 Å². The number of piperidine rings is 1. The molecule has 2 aliphatic heterocycles. The standard InChI is InChI=1S/C11H19NO/c1-10(2-3-10)8-12-6-4-11(5-7-12)9-13-11/h2-9H2,1H3. The zero-order valence-corrected chi connectivity index (χ0v) is 8.51. The molecule has 2 heteroatoms. The summed E-state index contributed by atoms with van der Waals surface area (Å²) >= 11 is 0. The topological polar surface area (TPSA) is 15.8 Å². The third-order valence-corrected chi connectivity index (χ3v) is 4.03. The monoisotopic (exact) mass is 181 g/mol. The Morgan fingerprint density at radius 1 is 1.15 bits per heavy atom. The molecule has 0 unspecified atom stereocenters. The molecule has 3 aliphatic rings. The van der Waals surface area contributed by atoms with E-state index >= 15 is 0 Å². The van der Waals surface area contributed by atoms with Crippen LogP contribution in [0.25, 0.3) is 0 Å². The molecule has 0 aromatic heterocycles. The van der Waals surface area contributed by atoms with Crippen molar-refractivity contribution in [3.05, 3.63) is 0 Å². The second-order valence-electron chi connectivity index (χ2n) is 5.56. The molecule has 1 saturated carbocycles. The molecule has 0 aromatic carbocycles. The summed E-state index contributed by atoms with van der Waals surface area (Å²) in [5, 5.41) is 0. The van der Waals surface area contributed by atoms with Crippen LogP contribution in [-0.4, -0.2) is 36.7 Å². The summed E-state index contributed by atoms with van der Waals surface area (Å²) in [5.74, 6) is 0. The highest BCUT2D eigenvalue weighted by Gasteiger charge is 2.48. The molecule has 0 atom stereocenters. The average molecular weight is 181 g/mol. The fourth-order valence-corrected chi connectivity index (χ4v) is 2.42. The maximum Gasteiger partial charge on any atom is 0.0940 e. The van der Waals surface area contributed by atoms with Gasteiger partial charge in [0.2, 0.25) is 0 Å². The molecular formula is C11H19NO. The van der Waals surface area contributed by atoms with Crippen molar-refractivity contribution in [3.63, 3.8) is 0 Å². The lowest BCUT2D eigenvalue weighted by Crippen LogP contribution is -2.40. The number of hydrogen-bond donors (Lipinski definition) is 0. The molecule has 1 spiro atoms. The van der Waals surface area contributed by atoms with Crippen LogP contribution in [0.5, 0.6) is 0 Å². The quantitative estimate of drug-likeness (QED) is 0.602. The molecule has 0 aromatic rings. The van der Waals surface area contributed by atoms with E-state index in [1.807, 2.05) is 0 Å². The van der Waals surface area contributed by atoms with Crippen molar-refractivity contribution in [2.75, 3.05) is 26.2 Å². The highest BCUT2D eigenvalue weighted by Crippen LogP contribution is 2.46. The summed E-state index contributed by atoms with van der Waals surface area (Å²) in [6.07, 6.45) is 5.46. The van der Waals surface area contributed by atoms with Crippen LogP contribution in [0.15, 0.2) is 0 Å². The summed E-state index contributed by atoms with van der Waals surface area (Å²) in [6.45, 7) is 7.34. The third-order valence-electron chi connectivity index (χ3n) is 4.03. The van der Waals surface area contributed by atoms with Crippen LogP contribution < -0.4 is 0 Å². The summed E-state index contributed by atoms with van der Waals surface area (Å²) in [7, 11) is 0. The van der Waals surface area contributed by atoms with E-state index in [4.69, 9.17) is 4.74 Å². The Labute approximate surface area is 80.2 Å². The van der Waals surface area contributed by atoms with Crippen molar-refractivity contribution < 1.29 is 4.74 Å². The van der Waals surface area contributed by atoms with E-state index < -0.39 is 0 Å². The van der Waals surface area contributed by atoms with Crippen LogP contribution >= 0.6 is 0 Å². The number of nitrogens with zero attached hydrogens (tertiary/aromatic N) is 1. The van der Waals surface area contributed by atoms with E-state index in [1.54, 1.807) is 0 Å². The minimum atomic E-state index is 0.362. The molecule has 13 heavy (non-hydrogen) atoms. The lowest BCUT2D eigenvalue weighted by atomic mass is 9.96. The summed E-state index contributed by atoms with van der Waals surface area (Å²) in [6, 6.07) is 0. The Hall–Kier alpha value is -0.0800. The third kappa shape index (κ3) is 1.62. The zero-order chi connectivity index (χ0) is 8.94. The molecule has 74 valence electrons. The van der Waals surface area contributed by atoms with Crippen LogP contribution in [0, 0.1) is 5.41 Å². The zero-order valence-electron chi connectivity index (χ0n) is 8.51. The van der Waals surface area contributed by atoms with E-state index in [1.165, 1.54) is 45.3 Å². The average Bonchev–Trinajstić information content (AvgIpc) is 2.99. The van der Waals surface area contributed by atoms with Gasteiger partial charge in [0.1, 0.15) is 0 Å². The van der Waals surface area contributed by atoms with Gasteiger partial charge in [-0.3, -0.25) is 0 Å². The summed E-state index contributed by atoms with van der Waals surface area (Å²) in [5.41, 5.74) is 1.05. The minimum absolute atomic E-state index is 0.362. The maximum atomic E-state index is 5.50. The molecule has 0 bridgehead atoms. The molecular weight excluding hydrogens is 162 g/mol. The van der Waals surface area contributed by atoms with Crippen molar-refractivity contribution in [1.29, 1.82) is 0 Å². The van der Waals surface area contributed by atoms with Crippen LogP contribution in [0.3, 0.4) is 0 Å². The van der Waals surface area contributed by atoms with Crippen LogP contribution in [-0.2, 0) is 4.74 Å². The molecule has 0 N–H and O–H groups in total. The minimum Gasteiger partial charge on any atom is -0.369 e. The van der Waals surface area contributed by atoms with E-state index in [-0.39, 0.29) is 0 Å². The van der Waals surface area contributed by atoms with Gasteiger partial charge in [-0.05, 0) is 31.1 Å². The highest BCUT2D eigenvalue weighted by atomic mass is 16.6. The predicted octanol–water partition coefficient (Wildman–Crippen LogP) is 1.65. The summed E-state index contributed by atoms with van der Waals surface area (Å²) in [4.78, 5) is 2.64. The molecule has 2 heterocycles. The first-order chi connectivity index (χ1) is 6.20. The van der Waals surface area contributed by atoms with E-state index in [0.717, 1.165) is 6.61 Å². The largest absolute Gasteiger partial charge is 0.369 e. The first-order valence-electron chi connectivity index (χ1n) is 5.56. The van der Waals surface area contributed by atoms with E-state index in [9.17, 15) is 0 Å². The second kappa shape index (κ2) is 2.48. The number of likely N-dealkylation sites (tertiary alicyclic amines) is 1. The van der Waals surface area contributed by atoms with Crippen LogP contribution in [0.2, 0.25) is 0 Å². The van der Waals surface area contributed by atoms with Crippen LogP contribution in [0.1, 0.15) is 32.6 Å². The Kier molecular flexibility index (Phi) is 1.58. The molecule has 2 saturated heterocycles. The number of hydrogen-bond acceptors (Lipinski definition) is 2. The van der Waals surface area contributed by atoms with Crippen molar-refractivity contribution in [2.24, 2.45) is 5.41 Å². The predicted molar refractivity (Wildman–Crippen MR) is 51.7 cm³/mol. The Morgan fingerprint density at radius 2 is 1.77 bits per heavy atom. The van der Waals surface area contributed by atoms with E-state index in [2.05, 4.69) is 11.8 Å². The number of epoxide rings is 1. The SMILES string of the molecule is CC1(CN2CCC3(CC2)CO3)CC1. The fraction of sp³-hybridized carbons (Fsp3) is 1.00. The highest BCUT2D eigenvalue weighted by molar-refractivity contribution is 4.99. The Morgan fingerprint density at radius 3 is 2.23 bits per heavy atom. The van der Waals surface area contributed by atoms with E-state index in [0.29, 0.717) is 11.0 Å². The Bertz CT molecular complexity index is 208. The maximum absolute atomic E-state index is 5.50. The smallest absolute Gasteiger partial charge is 0.0940 e. The second-order valence-corrected chi connectivity index (χ2v) is 5.56. The van der Waals surface area contributed by atoms with Gasteiger partial charge in [-0.25, -0.2) is 0 Å². The van der Waals surface area contributed by atoms with Gasteiger partial charge in [0.05, 0.1) is 12.2 Å². The van der Waals surface area contributed by atoms with Crippen molar-refractivity contribution >= 4 is 0 Å². The molecule has 1 aliphatic carbocycles.